The number of aromatic nitrogens is 2. The van der Waals surface area contributed by atoms with Crippen molar-refractivity contribution in [2.75, 3.05) is 5.32 Å². The highest BCUT2D eigenvalue weighted by Gasteiger charge is 2.40. The summed E-state index contributed by atoms with van der Waals surface area (Å²) in [6.07, 6.45) is -3.98. The van der Waals surface area contributed by atoms with Gasteiger partial charge in [0.25, 0.3) is 5.91 Å². The van der Waals surface area contributed by atoms with Crippen LogP contribution in [-0.2, 0) is 6.18 Å². The molecule has 0 unspecified atom stereocenters. The Morgan fingerprint density at radius 1 is 1.08 bits per heavy atom. The van der Waals surface area contributed by atoms with Gasteiger partial charge in [-0.3, -0.25) is 4.79 Å². The van der Waals surface area contributed by atoms with Crippen molar-refractivity contribution in [3.8, 4) is 5.69 Å². The Labute approximate surface area is 146 Å². The van der Waals surface area contributed by atoms with Gasteiger partial charge in [0, 0.05) is 5.69 Å². The van der Waals surface area contributed by atoms with Gasteiger partial charge in [0.2, 0.25) is 0 Å². The summed E-state index contributed by atoms with van der Waals surface area (Å²) in [5.41, 5.74) is -0.741. The lowest BCUT2D eigenvalue weighted by atomic mass is 10.1. The Morgan fingerprint density at radius 3 is 2.35 bits per heavy atom. The number of rotatable bonds is 3. The molecule has 4 nitrogen and oxygen atoms in total. The predicted molar refractivity (Wildman–Crippen MR) is 87.7 cm³/mol. The molecule has 0 spiro atoms. The first-order valence-corrected chi connectivity index (χ1v) is 7.55. The highest BCUT2D eigenvalue weighted by Crippen LogP contribution is 2.34. The summed E-state index contributed by atoms with van der Waals surface area (Å²) >= 11 is 0. The first-order chi connectivity index (χ1) is 12.3. The lowest BCUT2D eigenvalue weighted by Crippen LogP contribution is -2.21. The molecule has 1 aromatic heterocycles. The summed E-state index contributed by atoms with van der Waals surface area (Å²) < 4.78 is 54.3. The fraction of sp³-hybridized carbons (Fsp3) is 0.111. The Kier molecular flexibility index (Phi) is 4.50. The van der Waals surface area contributed by atoms with Crippen molar-refractivity contribution in [1.82, 2.24) is 9.78 Å². The molecule has 3 aromatic rings. The minimum absolute atomic E-state index is 0.00586. The van der Waals surface area contributed by atoms with Crippen molar-refractivity contribution in [2.24, 2.45) is 0 Å². The van der Waals surface area contributed by atoms with E-state index in [1.807, 2.05) is 0 Å². The second-order valence-corrected chi connectivity index (χ2v) is 5.56. The lowest BCUT2D eigenvalue weighted by molar-refractivity contribution is -0.143. The number of anilines is 1. The van der Waals surface area contributed by atoms with Crippen LogP contribution in [0.25, 0.3) is 5.69 Å². The fourth-order valence-electron chi connectivity index (χ4n) is 2.47. The van der Waals surface area contributed by atoms with Crippen LogP contribution in [0.4, 0.5) is 23.2 Å². The molecule has 0 radical (unpaired) electrons. The Balaban J connectivity index is 2.04. The maximum Gasteiger partial charge on any atom is 0.434 e. The Bertz CT molecular complexity index is 946. The highest BCUT2D eigenvalue weighted by molar-refractivity contribution is 6.05. The summed E-state index contributed by atoms with van der Waals surface area (Å²) in [4.78, 5) is 12.4. The van der Waals surface area contributed by atoms with Crippen LogP contribution in [0.15, 0.2) is 54.7 Å². The molecule has 134 valence electrons. The molecule has 1 amide bonds. The third-order valence-electron chi connectivity index (χ3n) is 3.75. The van der Waals surface area contributed by atoms with Crippen LogP contribution in [0, 0.1) is 12.7 Å². The molecule has 1 N–H and O–H groups in total. The van der Waals surface area contributed by atoms with Crippen LogP contribution in [0.1, 0.15) is 21.6 Å². The van der Waals surface area contributed by atoms with Crippen molar-refractivity contribution >= 4 is 11.6 Å². The number of para-hydroxylation sites is 1. The van der Waals surface area contributed by atoms with E-state index in [9.17, 15) is 22.4 Å². The van der Waals surface area contributed by atoms with Crippen LogP contribution in [0.3, 0.4) is 0 Å². The van der Waals surface area contributed by atoms with Gasteiger partial charge in [0.15, 0.2) is 5.69 Å². The third-order valence-corrected chi connectivity index (χ3v) is 3.75. The largest absolute Gasteiger partial charge is 0.434 e. The predicted octanol–water partition coefficient (Wildman–Crippen LogP) is 4.59. The van der Waals surface area contributed by atoms with E-state index < -0.39 is 29.2 Å². The number of hydrogen-bond donors (Lipinski definition) is 1. The molecule has 0 bridgehead atoms. The number of carbonyl (C=O) groups excluding carboxylic acids is 1. The van der Waals surface area contributed by atoms with E-state index in [0.717, 1.165) is 30.5 Å². The fourth-order valence-corrected chi connectivity index (χ4v) is 2.47. The number of benzene rings is 2. The Hall–Kier alpha value is -3.16. The normalized spacial score (nSPS) is 11.4. The molecule has 2 aromatic carbocycles. The van der Waals surface area contributed by atoms with E-state index in [1.165, 1.54) is 0 Å². The molecule has 0 fully saturated rings. The van der Waals surface area contributed by atoms with E-state index in [2.05, 4.69) is 10.4 Å². The highest BCUT2D eigenvalue weighted by atomic mass is 19.4. The van der Waals surface area contributed by atoms with Crippen LogP contribution in [0.5, 0.6) is 0 Å². The van der Waals surface area contributed by atoms with Gasteiger partial charge in [-0.1, -0.05) is 18.2 Å². The molecule has 0 aliphatic heterocycles. The zero-order valence-corrected chi connectivity index (χ0v) is 13.5. The number of aryl methyl sites for hydroxylation is 1. The minimum Gasteiger partial charge on any atom is -0.322 e. The van der Waals surface area contributed by atoms with Gasteiger partial charge in [0.1, 0.15) is 5.82 Å². The number of carbonyl (C=O) groups is 1. The Morgan fingerprint density at radius 2 is 1.73 bits per heavy atom. The van der Waals surface area contributed by atoms with Crippen molar-refractivity contribution in [3.63, 3.8) is 0 Å². The molecule has 0 aliphatic carbocycles. The van der Waals surface area contributed by atoms with Crippen LogP contribution < -0.4 is 5.32 Å². The molecule has 1 heterocycles. The van der Waals surface area contributed by atoms with Gasteiger partial charge in [-0.2, -0.15) is 18.3 Å². The van der Waals surface area contributed by atoms with E-state index in [4.69, 9.17) is 0 Å². The second kappa shape index (κ2) is 6.62. The number of nitrogens with one attached hydrogen (secondary N) is 1. The maximum absolute atomic E-state index is 13.6. The number of halogens is 4. The first kappa shape index (κ1) is 17.7. The van der Waals surface area contributed by atoms with Crippen molar-refractivity contribution < 1.29 is 22.4 Å². The van der Waals surface area contributed by atoms with Gasteiger partial charge in [0.05, 0.1) is 17.4 Å². The quantitative estimate of drug-likeness (QED) is 0.692. The van der Waals surface area contributed by atoms with Crippen molar-refractivity contribution in [2.45, 2.75) is 13.1 Å². The van der Waals surface area contributed by atoms with Gasteiger partial charge in [-0.25, -0.2) is 9.07 Å². The second-order valence-electron chi connectivity index (χ2n) is 5.56. The molecule has 26 heavy (non-hydrogen) atoms. The summed E-state index contributed by atoms with van der Waals surface area (Å²) in [6.45, 7) is 1.72. The molecule has 0 saturated carbocycles. The van der Waals surface area contributed by atoms with Crippen LogP contribution in [0.2, 0.25) is 0 Å². The number of hydrogen-bond acceptors (Lipinski definition) is 2. The van der Waals surface area contributed by atoms with E-state index in [1.54, 1.807) is 31.2 Å². The molecule has 3 rings (SSSR count). The topological polar surface area (TPSA) is 46.9 Å². The zero-order valence-electron chi connectivity index (χ0n) is 13.5. The summed E-state index contributed by atoms with van der Waals surface area (Å²) in [5, 5.41) is 6.14. The number of alkyl halides is 3. The minimum atomic E-state index is -4.83. The molecular weight excluding hydrogens is 350 g/mol. The monoisotopic (exact) mass is 363 g/mol. The number of amides is 1. The summed E-state index contributed by atoms with van der Waals surface area (Å²) in [6, 6.07) is 11.1. The lowest BCUT2D eigenvalue weighted by Gasteiger charge is -2.13. The zero-order chi connectivity index (χ0) is 18.9. The maximum atomic E-state index is 13.6. The van der Waals surface area contributed by atoms with Gasteiger partial charge in [-0.15, -0.1) is 0 Å². The average Bonchev–Trinajstić information content (AvgIpc) is 3.03. The smallest absolute Gasteiger partial charge is 0.322 e. The van der Waals surface area contributed by atoms with Gasteiger partial charge < -0.3 is 5.32 Å². The first-order valence-electron chi connectivity index (χ1n) is 7.55. The van der Waals surface area contributed by atoms with E-state index in [0.29, 0.717) is 15.9 Å². The van der Waals surface area contributed by atoms with Gasteiger partial charge in [-0.05, 0) is 42.8 Å². The van der Waals surface area contributed by atoms with Crippen molar-refractivity contribution in [1.29, 1.82) is 0 Å². The summed E-state index contributed by atoms with van der Waals surface area (Å²) in [5.74, 6) is -1.52. The van der Waals surface area contributed by atoms with Crippen LogP contribution >= 0.6 is 0 Å². The van der Waals surface area contributed by atoms with E-state index in [-0.39, 0.29) is 5.69 Å². The molecule has 8 heteroatoms. The molecule has 0 aliphatic rings. The SMILES string of the molecule is Cc1ccccc1NC(=O)c1cnn(-c2ccc(F)cc2)c1C(F)(F)F. The average molecular weight is 363 g/mol. The van der Waals surface area contributed by atoms with Gasteiger partial charge >= 0.3 is 6.18 Å². The summed E-state index contributed by atoms with van der Waals surface area (Å²) in [7, 11) is 0. The standard InChI is InChI=1S/C18H13F4N3O/c1-11-4-2-3-5-15(11)24-17(26)14-10-23-25(16(14)18(20,21)22)13-8-6-12(19)7-9-13/h2-10H,1H3,(H,24,26). The third kappa shape index (κ3) is 3.44. The molecule has 0 saturated heterocycles. The van der Waals surface area contributed by atoms with Crippen LogP contribution in [-0.4, -0.2) is 15.7 Å². The van der Waals surface area contributed by atoms with E-state index >= 15 is 0 Å². The van der Waals surface area contributed by atoms with Crippen molar-refractivity contribution in [3.05, 3.63) is 77.4 Å². The number of nitrogens with zero attached hydrogens (tertiary/aromatic N) is 2. The molecular formula is C18H13F4N3O. The molecule has 0 atom stereocenters.